The summed E-state index contributed by atoms with van der Waals surface area (Å²) in [6.07, 6.45) is 2.41. The van der Waals surface area contributed by atoms with Crippen LogP contribution in [-0.2, 0) is 13.5 Å². The zero-order valence-electron chi connectivity index (χ0n) is 15.2. The normalized spacial score (nSPS) is 11.3. The number of aryl methyl sites for hydroxylation is 1. The van der Waals surface area contributed by atoms with Gasteiger partial charge in [0.1, 0.15) is 5.75 Å². The number of hydrogen-bond acceptors (Lipinski definition) is 3. The Bertz CT molecular complexity index is 1020. The Balaban J connectivity index is 1.85. The van der Waals surface area contributed by atoms with Crippen LogP contribution in [0.4, 0.5) is 0 Å². The van der Waals surface area contributed by atoms with Gasteiger partial charge in [0.25, 0.3) is 0 Å². The van der Waals surface area contributed by atoms with Crippen LogP contribution in [0.5, 0.6) is 5.75 Å². The minimum Gasteiger partial charge on any atom is -0.507 e. The van der Waals surface area contributed by atoms with E-state index in [2.05, 4.69) is 0 Å². The molecule has 3 aromatic rings. The summed E-state index contributed by atoms with van der Waals surface area (Å²) in [6.45, 7) is 3.97. The number of nitrogens with zero attached hydrogens (tertiary/aromatic N) is 2. The molecular formula is C20H20Cl2N2O2S. The molecule has 0 aliphatic carbocycles. The van der Waals surface area contributed by atoms with Gasteiger partial charge in [-0.15, -0.1) is 0 Å². The Morgan fingerprint density at radius 1 is 1.11 bits per heavy atom. The molecule has 0 radical (unpaired) electrons. The SMILES string of the molecule is CC(C)n1c(Cc2ccc(Sc3cc(Cl)cc(Cl)c3)c(O)c2)cn(C)c1=O. The van der Waals surface area contributed by atoms with Crippen LogP contribution < -0.4 is 5.69 Å². The predicted molar refractivity (Wildman–Crippen MR) is 112 cm³/mol. The number of phenolic OH excluding ortho intramolecular Hbond substituents is 1. The Morgan fingerprint density at radius 3 is 2.37 bits per heavy atom. The van der Waals surface area contributed by atoms with Crippen molar-refractivity contribution in [1.29, 1.82) is 0 Å². The maximum atomic E-state index is 12.3. The highest BCUT2D eigenvalue weighted by Gasteiger charge is 2.14. The minimum atomic E-state index is -0.0331. The van der Waals surface area contributed by atoms with Gasteiger partial charge in [0, 0.05) is 46.3 Å². The van der Waals surface area contributed by atoms with Crippen molar-refractivity contribution >= 4 is 35.0 Å². The summed E-state index contributed by atoms with van der Waals surface area (Å²) in [4.78, 5) is 13.8. The highest BCUT2D eigenvalue weighted by molar-refractivity contribution is 7.99. The molecule has 0 saturated heterocycles. The van der Waals surface area contributed by atoms with Crippen LogP contribution in [-0.4, -0.2) is 14.2 Å². The number of rotatable bonds is 5. The largest absolute Gasteiger partial charge is 0.507 e. The molecule has 0 atom stereocenters. The smallest absolute Gasteiger partial charge is 0.328 e. The van der Waals surface area contributed by atoms with E-state index in [-0.39, 0.29) is 17.5 Å². The van der Waals surface area contributed by atoms with Crippen LogP contribution in [0, 0.1) is 0 Å². The quantitative estimate of drug-likeness (QED) is 0.588. The number of phenols is 1. The van der Waals surface area contributed by atoms with Gasteiger partial charge < -0.3 is 9.67 Å². The number of benzene rings is 2. The first kappa shape index (κ1) is 19.9. The van der Waals surface area contributed by atoms with Crippen LogP contribution in [0.2, 0.25) is 10.0 Å². The van der Waals surface area contributed by atoms with E-state index in [1.165, 1.54) is 11.8 Å². The maximum absolute atomic E-state index is 12.3. The molecule has 7 heteroatoms. The van der Waals surface area contributed by atoms with Crippen LogP contribution in [0.1, 0.15) is 31.1 Å². The number of aromatic hydroxyl groups is 1. The third kappa shape index (κ3) is 4.54. The summed E-state index contributed by atoms with van der Waals surface area (Å²) < 4.78 is 3.36. The number of halogens is 2. The van der Waals surface area contributed by atoms with Crippen LogP contribution in [0.15, 0.2) is 57.2 Å². The van der Waals surface area contributed by atoms with Gasteiger partial charge in [0.2, 0.25) is 0 Å². The van der Waals surface area contributed by atoms with E-state index in [1.54, 1.807) is 40.4 Å². The molecule has 0 bridgehead atoms. The number of aromatic nitrogens is 2. The molecule has 0 fully saturated rings. The fourth-order valence-electron chi connectivity index (χ4n) is 3.00. The van der Waals surface area contributed by atoms with Crippen LogP contribution >= 0.6 is 35.0 Å². The predicted octanol–water partition coefficient (Wildman–Crippen LogP) is 5.52. The second kappa shape index (κ2) is 8.05. The van der Waals surface area contributed by atoms with Gasteiger partial charge in [0.15, 0.2) is 0 Å². The Kier molecular flexibility index (Phi) is 5.94. The summed E-state index contributed by atoms with van der Waals surface area (Å²) in [7, 11) is 1.75. The molecule has 1 aromatic heterocycles. The van der Waals surface area contributed by atoms with Gasteiger partial charge in [-0.3, -0.25) is 4.57 Å². The summed E-state index contributed by atoms with van der Waals surface area (Å²) in [6, 6.07) is 10.9. The van der Waals surface area contributed by atoms with Gasteiger partial charge in [0.05, 0.1) is 4.90 Å². The highest BCUT2D eigenvalue weighted by atomic mass is 35.5. The summed E-state index contributed by atoms with van der Waals surface area (Å²) in [5.74, 6) is 0.183. The molecule has 3 rings (SSSR count). The average molecular weight is 423 g/mol. The maximum Gasteiger partial charge on any atom is 0.328 e. The fourth-order valence-corrected chi connectivity index (χ4v) is 4.58. The molecule has 0 saturated carbocycles. The van der Waals surface area contributed by atoms with Crippen LogP contribution in [0.25, 0.3) is 0 Å². The Labute approximate surface area is 172 Å². The van der Waals surface area contributed by atoms with Gasteiger partial charge in [-0.2, -0.15) is 0 Å². The van der Waals surface area contributed by atoms with Crippen molar-refractivity contribution in [3.05, 3.63) is 74.4 Å². The van der Waals surface area contributed by atoms with Crippen molar-refractivity contribution < 1.29 is 5.11 Å². The standard InChI is InChI=1S/C20H20Cl2N2O2S/c1-12(2)24-16(11-23(3)20(24)26)6-13-4-5-19(18(25)7-13)27-17-9-14(21)8-15(22)10-17/h4-5,7-12,25H,6H2,1-3H3. The van der Waals surface area contributed by atoms with Crippen molar-refractivity contribution in [2.45, 2.75) is 36.1 Å². The summed E-state index contributed by atoms with van der Waals surface area (Å²) in [5, 5.41) is 11.6. The molecule has 0 aliphatic rings. The average Bonchev–Trinajstić information content (AvgIpc) is 2.83. The van der Waals surface area contributed by atoms with Gasteiger partial charge in [-0.25, -0.2) is 4.79 Å². The second-order valence-corrected chi connectivity index (χ2v) is 8.65. The number of hydrogen-bond donors (Lipinski definition) is 1. The topological polar surface area (TPSA) is 47.2 Å². The Hall–Kier alpha value is -1.82. The van der Waals surface area contributed by atoms with Gasteiger partial charge in [-0.05, 0) is 49.7 Å². The lowest BCUT2D eigenvalue weighted by Gasteiger charge is -2.12. The zero-order valence-corrected chi connectivity index (χ0v) is 17.6. The van der Waals surface area contributed by atoms with Crippen molar-refractivity contribution in [1.82, 2.24) is 9.13 Å². The molecule has 0 spiro atoms. The lowest BCUT2D eigenvalue weighted by atomic mass is 10.1. The summed E-state index contributed by atoms with van der Waals surface area (Å²) in [5.41, 5.74) is 1.81. The third-order valence-corrected chi connectivity index (χ3v) is 5.62. The monoisotopic (exact) mass is 422 g/mol. The first-order chi connectivity index (χ1) is 12.7. The molecule has 1 heterocycles. The first-order valence-electron chi connectivity index (χ1n) is 8.47. The zero-order chi connectivity index (χ0) is 19.7. The van der Waals surface area contributed by atoms with Crippen molar-refractivity contribution in [2.75, 3.05) is 0 Å². The van der Waals surface area contributed by atoms with E-state index in [4.69, 9.17) is 23.2 Å². The molecule has 142 valence electrons. The van der Waals surface area contributed by atoms with Crippen LogP contribution in [0.3, 0.4) is 0 Å². The molecule has 1 N–H and O–H groups in total. The first-order valence-corrected chi connectivity index (χ1v) is 10.0. The number of imidazole rings is 1. The van der Waals surface area contributed by atoms with Crippen molar-refractivity contribution in [3.63, 3.8) is 0 Å². The van der Waals surface area contributed by atoms with E-state index < -0.39 is 0 Å². The van der Waals surface area contributed by atoms with E-state index in [0.29, 0.717) is 21.4 Å². The van der Waals surface area contributed by atoms with Gasteiger partial charge in [-0.1, -0.05) is 41.0 Å². The molecule has 27 heavy (non-hydrogen) atoms. The Morgan fingerprint density at radius 2 is 1.78 bits per heavy atom. The van der Waals surface area contributed by atoms with E-state index in [0.717, 1.165) is 16.2 Å². The highest BCUT2D eigenvalue weighted by Crippen LogP contribution is 2.37. The van der Waals surface area contributed by atoms with Crippen molar-refractivity contribution in [2.24, 2.45) is 7.05 Å². The molecule has 2 aromatic carbocycles. The molecule has 0 amide bonds. The van der Waals surface area contributed by atoms with E-state index in [9.17, 15) is 9.90 Å². The van der Waals surface area contributed by atoms with E-state index >= 15 is 0 Å². The summed E-state index contributed by atoms with van der Waals surface area (Å²) >= 11 is 13.5. The minimum absolute atomic E-state index is 0.0331. The molecule has 0 aliphatic heterocycles. The van der Waals surface area contributed by atoms with E-state index in [1.807, 2.05) is 32.2 Å². The second-order valence-electron chi connectivity index (χ2n) is 6.66. The molecule has 4 nitrogen and oxygen atoms in total. The fraction of sp³-hybridized carbons (Fsp3) is 0.250. The molecular weight excluding hydrogens is 403 g/mol. The molecule has 0 unspecified atom stereocenters. The lowest BCUT2D eigenvalue weighted by molar-refractivity contribution is 0.461. The van der Waals surface area contributed by atoms with Gasteiger partial charge >= 0.3 is 5.69 Å². The third-order valence-electron chi connectivity index (χ3n) is 4.15. The lowest BCUT2D eigenvalue weighted by Crippen LogP contribution is -2.24. The van der Waals surface area contributed by atoms with Crippen molar-refractivity contribution in [3.8, 4) is 5.75 Å².